The third kappa shape index (κ3) is 2.32. The summed E-state index contributed by atoms with van der Waals surface area (Å²) in [5.74, 6) is 3.42. The number of ether oxygens (including phenoxy) is 1. The number of benzene rings is 1. The fraction of sp³-hybridized carbons (Fsp3) is 0.650. The van der Waals surface area contributed by atoms with Gasteiger partial charge in [-0.3, -0.25) is 4.79 Å². The molecule has 3 aliphatic rings. The molecule has 0 aromatic heterocycles. The Morgan fingerprint density at radius 1 is 1.26 bits per heavy atom. The smallest absolute Gasteiger partial charge is 0.139 e. The van der Waals surface area contributed by atoms with Gasteiger partial charge in [0.15, 0.2) is 0 Å². The van der Waals surface area contributed by atoms with Crippen molar-refractivity contribution in [2.45, 2.75) is 51.4 Å². The molecule has 23 heavy (non-hydrogen) atoms. The number of fused-ring (bicyclic) bond motifs is 5. The summed E-state index contributed by atoms with van der Waals surface area (Å²) < 4.78 is 5.69. The molecular formula is C20H27NO2. The van der Waals surface area contributed by atoms with Crippen molar-refractivity contribution in [3.8, 4) is 5.75 Å². The molecule has 3 aliphatic carbocycles. The van der Waals surface area contributed by atoms with Gasteiger partial charge in [0.2, 0.25) is 0 Å². The zero-order chi connectivity index (χ0) is 16.0. The first-order valence-corrected chi connectivity index (χ1v) is 9.12. The molecule has 0 saturated heterocycles. The lowest BCUT2D eigenvalue weighted by Crippen LogP contribution is -2.42. The number of rotatable bonds is 3. The highest BCUT2D eigenvalue weighted by atomic mass is 16.5. The van der Waals surface area contributed by atoms with Crippen molar-refractivity contribution >= 4 is 5.78 Å². The molecule has 4 atom stereocenters. The number of carbonyl (C=O) groups excluding carboxylic acids is 1. The summed E-state index contributed by atoms with van der Waals surface area (Å²) in [6, 6.07) is 6.59. The Kier molecular flexibility index (Phi) is 3.72. The molecule has 3 nitrogen and oxygen atoms in total. The van der Waals surface area contributed by atoms with Gasteiger partial charge in [0.1, 0.15) is 18.1 Å². The maximum atomic E-state index is 12.4. The van der Waals surface area contributed by atoms with Gasteiger partial charge in [0.25, 0.3) is 0 Å². The number of aryl methyl sites for hydroxylation is 1. The maximum absolute atomic E-state index is 12.4. The van der Waals surface area contributed by atoms with Crippen LogP contribution in [0.4, 0.5) is 0 Å². The average molecular weight is 313 g/mol. The van der Waals surface area contributed by atoms with Crippen LogP contribution in [0.1, 0.15) is 56.1 Å². The molecule has 3 heteroatoms. The molecule has 0 heterocycles. The van der Waals surface area contributed by atoms with E-state index in [9.17, 15) is 4.79 Å². The molecule has 0 bridgehead atoms. The van der Waals surface area contributed by atoms with Crippen molar-refractivity contribution in [3.05, 3.63) is 29.3 Å². The van der Waals surface area contributed by atoms with E-state index >= 15 is 0 Å². The second kappa shape index (κ2) is 5.62. The molecule has 2 N–H and O–H groups in total. The standard InChI is InChI=1S/C20H27NO2/c1-20-9-8-16-15-5-3-14(23-11-10-21)12-13(15)2-4-17(16)18(20)6-7-19(20)22/h3,5,12,16-18H,2,4,6-11,21H2,1H3/t16-,17-,18-,20+/m0/s1. The van der Waals surface area contributed by atoms with Crippen molar-refractivity contribution in [2.24, 2.45) is 23.0 Å². The monoisotopic (exact) mass is 313 g/mol. The third-order valence-corrected chi connectivity index (χ3v) is 6.79. The van der Waals surface area contributed by atoms with Crippen LogP contribution in [-0.4, -0.2) is 18.9 Å². The van der Waals surface area contributed by atoms with Gasteiger partial charge >= 0.3 is 0 Å². The van der Waals surface area contributed by atoms with Gasteiger partial charge in [0.05, 0.1) is 0 Å². The summed E-state index contributed by atoms with van der Waals surface area (Å²) in [6.45, 7) is 3.37. The predicted molar refractivity (Wildman–Crippen MR) is 90.6 cm³/mol. The van der Waals surface area contributed by atoms with Gasteiger partial charge in [0, 0.05) is 18.4 Å². The second-order valence-corrected chi connectivity index (χ2v) is 7.83. The Balaban J connectivity index is 1.61. The lowest BCUT2D eigenvalue weighted by Gasteiger charge is -2.48. The van der Waals surface area contributed by atoms with Crippen LogP contribution in [0.5, 0.6) is 5.75 Å². The first-order chi connectivity index (χ1) is 11.1. The van der Waals surface area contributed by atoms with Crippen LogP contribution in [-0.2, 0) is 11.2 Å². The fourth-order valence-corrected chi connectivity index (χ4v) is 5.60. The normalized spacial score (nSPS) is 35.4. The number of hydrogen-bond donors (Lipinski definition) is 1. The molecule has 0 amide bonds. The maximum Gasteiger partial charge on any atom is 0.139 e. The highest BCUT2D eigenvalue weighted by molar-refractivity contribution is 5.87. The average Bonchev–Trinajstić information content (AvgIpc) is 2.88. The first-order valence-electron chi connectivity index (χ1n) is 9.12. The highest BCUT2D eigenvalue weighted by Gasteiger charge is 2.54. The topological polar surface area (TPSA) is 52.3 Å². The minimum atomic E-state index is -0.0250. The van der Waals surface area contributed by atoms with E-state index in [4.69, 9.17) is 10.5 Å². The minimum Gasteiger partial charge on any atom is -0.492 e. The Labute approximate surface area is 138 Å². The Hall–Kier alpha value is -1.35. The van der Waals surface area contributed by atoms with E-state index in [2.05, 4.69) is 25.1 Å². The molecule has 1 aromatic carbocycles. The molecule has 1 aromatic rings. The second-order valence-electron chi connectivity index (χ2n) is 7.83. The van der Waals surface area contributed by atoms with E-state index in [0.717, 1.165) is 31.4 Å². The van der Waals surface area contributed by atoms with Crippen molar-refractivity contribution < 1.29 is 9.53 Å². The highest BCUT2D eigenvalue weighted by Crippen LogP contribution is 2.59. The molecule has 0 unspecified atom stereocenters. The van der Waals surface area contributed by atoms with Gasteiger partial charge in [-0.15, -0.1) is 0 Å². The third-order valence-electron chi connectivity index (χ3n) is 6.79. The number of hydrogen-bond acceptors (Lipinski definition) is 3. The van der Waals surface area contributed by atoms with Crippen LogP contribution in [0.15, 0.2) is 18.2 Å². The number of carbonyl (C=O) groups is 1. The summed E-state index contributed by atoms with van der Waals surface area (Å²) in [7, 11) is 0. The lowest BCUT2D eigenvalue weighted by molar-refractivity contribution is -0.129. The van der Waals surface area contributed by atoms with E-state index in [-0.39, 0.29) is 5.41 Å². The van der Waals surface area contributed by atoms with Crippen molar-refractivity contribution in [3.63, 3.8) is 0 Å². The summed E-state index contributed by atoms with van der Waals surface area (Å²) in [6.07, 6.45) is 6.51. The van der Waals surface area contributed by atoms with Gasteiger partial charge in [-0.2, -0.15) is 0 Å². The molecule has 4 rings (SSSR count). The van der Waals surface area contributed by atoms with Crippen LogP contribution >= 0.6 is 0 Å². The van der Waals surface area contributed by atoms with Crippen LogP contribution in [0, 0.1) is 17.3 Å². The molecule has 0 radical (unpaired) electrons. The largest absolute Gasteiger partial charge is 0.492 e. The summed E-state index contributed by atoms with van der Waals surface area (Å²) in [5.41, 5.74) is 8.47. The van der Waals surface area contributed by atoms with E-state index in [1.54, 1.807) is 0 Å². The zero-order valence-electron chi connectivity index (χ0n) is 14.0. The van der Waals surface area contributed by atoms with Crippen LogP contribution in [0.25, 0.3) is 0 Å². The summed E-state index contributed by atoms with van der Waals surface area (Å²) in [5, 5.41) is 0. The number of nitrogens with two attached hydrogens (primary N) is 1. The fourth-order valence-electron chi connectivity index (χ4n) is 5.60. The molecule has 2 saturated carbocycles. The quantitative estimate of drug-likeness (QED) is 0.930. The van der Waals surface area contributed by atoms with Crippen molar-refractivity contribution in [1.82, 2.24) is 0 Å². The Bertz CT molecular complexity index is 626. The zero-order valence-corrected chi connectivity index (χ0v) is 14.0. The molecule has 124 valence electrons. The van der Waals surface area contributed by atoms with Crippen LogP contribution in [0.2, 0.25) is 0 Å². The van der Waals surface area contributed by atoms with Crippen LogP contribution in [0.3, 0.4) is 0 Å². The van der Waals surface area contributed by atoms with Crippen LogP contribution < -0.4 is 10.5 Å². The van der Waals surface area contributed by atoms with Gasteiger partial charge in [-0.05, 0) is 73.1 Å². The lowest BCUT2D eigenvalue weighted by atomic mass is 9.55. The number of Topliss-reactive ketones (excluding diaryl/α,β-unsaturated/α-hetero) is 1. The van der Waals surface area contributed by atoms with Crippen molar-refractivity contribution in [1.29, 1.82) is 0 Å². The van der Waals surface area contributed by atoms with Gasteiger partial charge < -0.3 is 10.5 Å². The predicted octanol–water partition coefficient (Wildman–Crippen LogP) is 3.45. The molecule has 2 fully saturated rings. The molecule has 0 aliphatic heterocycles. The molecule has 0 spiro atoms. The van der Waals surface area contributed by atoms with E-state index in [0.29, 0.717) is 36.7 Å². The van der Waals surface area contributed by atoms with E-state index in [1.807, 2.05) is 0 Å². The number of ketones is 1. The Morgan fingerprint density at radius 2 is 2.13 bits per heavy atom. The van der Waals surface area contributed by atoms with Gasteiger partial charge in [-0.25, -0.2) is 0 Å². The SMILES string of the molecule is C[C@@]12CC[C@H]3c4ccc(OCCN)cc4CC[C@@H]3[C@@H]1CCC2=O. The minimum absolute atomic E-state index is 0.0250. The van der Waals surface area contributed by atoms with Gasteiger partial charge in [-0.1, -0.05) is 13.0 Å². The molecular weight excluding hydrogens is 286 g/mol. The van der Waals surface area contributed by atoms with E-state index < -0.39 is 0 Å². The Morgan fingerprint density at radius 3 is 2.96 bits per heavy atom. The van der Waals surface area contributed by atoms with E-state index in [1.165, 1.54) is 24.0 Å². The summed E-state index contributed by atoms with van der Waals surface area (Å²) >= 11 is 0. The first kappa shape index (κ1) is 15.2. The van der Waals surface area contributed by atoms with Crippen molar-refractivity contribution in [2.75, 3.05) is 13.2 Å². The summed E-state index contributed by atoms with van der Waals surface area (Å²) in [4.78, 5) is 12.4.